The fourth-order valence-corrected chi connectivity index (χ4v) is 1.16. The summed E-state index contributed by atoms with van der Waals surface area (Å²) in [5.41, 5.74) is 0.151. The molecule has 0 amide bonds. The summed E-state index contributed by atoms with van der Waals surface area (Å²) in [6.45, 7) is 0. The highest BCUT2D eigenvalue weighted by atomic mass is 16.5. The van der Waals surface area contributed by atoms with Crippen molar-refractivity contribution in [1.82, 2.24) is 10.1 Å². The summed E-state index contributed by atoms with van der Waals surface area (Å²) in [5, 5.41) is 11.5. The predicted molar refractivity (Wildman–Crippen MR) is 48.0 cm³/mol. The van der Waals surface area contributed by atoms with E-state index in [0.29, 0.717) is 12.0 Å². The lowest BCUT2D eigenvalue weighted by Gasteiger charge is -1.99. The smallest absolute Gasteiger partial charge is 0.377 e. The van der Waals surface area contributed by atoms with Crippen LogP contribution in [0.15, 0.2) is 33.6 Å². The molecule has 1 aromatic heterocycles. The van der Waals surface area contributed by atoms with Gasteiger partial charge in [-0.25, -0.2) is 4.79 Å². The van der Waals surface area contributed by atoms with Gasteiger partial charge in [0.25, 0.3) is 0 Å². The van der Waals surface area contributed by atoms with Crippen molar-refractivity contribution >= 4 is 0 Å². The molecule has 5 heteroatoms. The second-order valence-electron chi connectivity index (χ2n) is 2.82. The Kier molecular flexibility index (Phi) is 2.06. The molecule has 0 fully saturated rings. The highest BCUT2D eigenvalue weighted by Gasteiger charge is 2.06. The van der Waals surface area contributed by atoms with Crippen LogP contribution in [0.5, 0.6) is 5.75 Å². The van der Waals surface area contributed by atoms with E-state index in [0.717, 1.165) is 0 Å². The van der Waals surface area contributed by atoms with Crippen LogP contribution in [0.1, 0.15) is 11.5 Å². The number of aromatic nitrogens is 2. The number of phenols is 1. The van der Waals surface area contributed by atoms with Crippen molar-refractivity contribution in [3.05, 3.63) is 46.2 Å². The second-order valence-corrected chi connectivity index (χ2v) is 2.82. The maximum absolute atomic E-state index is 10.6. The molecule has 0 aliphatic carbocycles. The van der Waals surface area contributed by atoms with Crippen molar-refractivity contribution < 1.29 is 9.63 Å². The lowest BCUT2D eigenvalue weighted by Crippen LogP contribution is -2.01. The molecular formula is C9H8N2O3. The van der Waals surface area contributed by atoms with Gasteiger partial charge in [0.1, 0.15) is 5.75 Å². The minimum Gasteiger partial charge on any atom is -0.508 e. The Morgan fingerprint density at radius 2 is 2.21 bits per heavy atom. The molecule has 2 aromatic rings. The minimum absolute atomic E-state index is 0.165. The van der Waals surface area contributed by atoms with Gasteiger partial charge in [0.2, 0.25) is 5.89 Å². The molecule has 0 spiro atoms. The van der Waals surface area contributed by atoms with Crippen LogP contribution in [0, 0.1) is 0 Å². The third kappa shape index (κ3) is 1.66. The van der Waals surface area contributed by atoms with Gasteiger partial charge in [-0.05, 0) is 6.07 Å². The normalized spacial score (nSPS) is 10.3. The molecule has 0 aliphatic heterocycles. The third-order valence-corrected chi connectivity index (χ3v) is 1.82. The number of benzene rings is 1. The Balaban J connectivity index is 2.27. The first-order chi connectivity index (χ1) is 6.75. The van der Waals surface area contributed by atoms with Gasteiger partial charge in [0.15, 0.2) is 0 Å². The molecule has 0 saturated carbocycles. The largest absolute Gasteiger partial charge is 0.508 e. The van der Waals surface area contributed by atoms with Crippen molar-refractivity contribution in [1.29, 1.82) is 0 Å². The number of rotatable bonds is 2. The summed E-state index contributed by atoms with van der Waals surface area (Å²) in [4.78, 5) is 14.2. The van der Waals surface area contributed by atoms with Crippen LogP contribution >= 0.6 is 0 Å². The number of hydrogen-bond acceptors (Lipinski definition) is 4. The third-order valence-electron chi connectivity index (χ3n) is 1.82. The molecule has 0 radical (unpaired) electrons. The average Bonchev–Trinajstić information content (AvgIpc) is 2.56. The Morgan fingerprint density at radius 3 is 2.86 bits per heavy atom. The van der Waals surface area contributed by atoms with E-state index < -0.39 is 5.69 Å². The number of nitrogens with one attached hydrogen (secondary N) is 1. The maximum atomic E-state index is 10.6. The summed E-state index contributed by atoms with van der Waals surface area (Å²) in [7, 11) is 0. The molecule has 0 saturated heterocycles. The van der Waals surface area contributed by atoms with Gasteiger partial charge in [-0.3, -0.25) is 0 Å². The lowest BCUT2D eigenvalue weighted by molar-refractivity contribution is 0.378. The summed E-state index contributed by atoms with van der Waals surface area (Å²) < 4.78 is 4.76. The highest BCUT2D eigenvalue weighted by molar-refractivity contribution is 5.33. The number of aromatic hydroxyl groups is 1. The molecule has 2 rings (SSSR count). The van der Waals surface area contributed by atoms with Crippen LogP contribution in [0.3, 0.4) is 0 Å². The van der Waals surface area contributed by atoms with Crippen molar-refractivity contribution in [3.8, 4) is 5.75 Å². The minimum atomic E-state index is -0.518. The standard InChI is InChI=1S/C9H8N2O3/c12-7-4-2-1-3-6(7)5-8-10-9(13)11-14-8/h1-4,12H,5H2,(H,11,13). The number of nitrogens with zero attached hydrogens (tertiary/aromatic N) is 1. The number of hydrogen-bond donors (Lipinski definition) is 2. The summed E-state index contributed by atoms with van der Waals surface area (Å²) >= 11 is 0. The molecule has 14 heavy (non-hydrogen) atoms. The Labute approximate surface area is 79.0 Å². The first-order valence-electron chi connectivity index (χ1n) is 4.07. The van der Waals surface area contributed by atoms with Crippen molar-refractivity contribution in [2.24, 2.45) is 0 Å². The Morgan fingerprint density at radius 1 is 1.43 bits per heavy atom. The first kappa shape index (κ1) is 8.55. The van der Waals surface area contributed by atoms with Crippen molar-refractivity contribution in [3.63, 3.8) is 0 Å². The van der Waals surface area contributed by atoms with Crippen molar-refractivity contribution in [2.75, 3.05) is 0 Å². The van der Waals surface area contributed by atoms with Crippen LogP contribution in [-0.2, 0) is 6.42 Å². The van der Waals surface area contributed by atoms with E-state index in [9.17, 15) is 9.90 Å². The van der Waals surface area contributed by atoms with Crippen LogP contribution in [0.4, 0.5) is 0 Å². The molecule has 0 unspecified atom stereocenters. The Bertz CT molecular complexity index is 487. The molecule has 0 bridgehead atoms. The molecule has 1 aromatic carbocycles. The number of aromatic amines is 1. The number of para-hydroxylation sites is 1. The fraction of sp³-hybridized carbons (Fsp3) is 0.111. The summed E-state index contributed by atoms with van der Waals surface area (Å²) in [6, 6.07) is 6.82. The monoisotopic (exact) mass is 192 g/mol. The molecule has 2 N–H and O–H groups in total. The van der Waals surface area contributed by atoms with Crippen molar-refractivity contribution in [2.45, 2.75) is 6.42 Å². The predicted octanol–water partition coefficient (Wildman–Crippen LogP) is 0.659. The van der Waals surface area contributed by atoms with E-state index in [-0.39, 0.29) is 11.6 Å². The SMILES string of the molecule is O=c1nc(Cc2ccccc2O)o[nH]1. The van der Waals surface area contributed by atoms with Gasteiger partial charge < -0.3 is 9.63 Å². The zero-order valence-electron chi connectivity index (χ0n) is 7.23. The molecule has 1 heterocycles. The summed E-state index contributed by atoms with van der Waals surface area (Å²) in [6.07, 6.45) is 0.297. The zero-order valence-corrected chi connectivity index (χ0v) is 7.23. The molecule has 72 valence electrons. The van der Waals surface area contributed by atoms with Gasteiger partial charge in [0.05, 0.1) is 6.42 Å². The number of phenolic OH excluding ortho intramolecular Hbond substituents is 1. The fourth-order valence-electron chi connectivity index (χ4n) is 1.16. The van der Waals surface area contributed by atoms with E-state index in [2.05, 4.69) is 10.1 Å². The van der Waals surface area contributed by atoms with Gasteiger partial charge in [-0.1, -0.05) is 18.2 Å². The highest BCUT2D eigenvalue weighted by Crippen LogP contribution is 2.17. The molecule has 5 nitrogen and oxygen atoms in total. The molecule has 0 aliphatic rings. The van der Waals surface area contributed by atoms with Crippen LogP contribution in [0.2, 0.25) is 0 Å². The summed E-state index contributed by atoms with van der Waals surface area (Å²) in [5.74, 6) is 0.426. The second kappa shape index (κ2) is 3.37. The Hall–Kier alpha value is -2.04. The van der Waals surface area contributed by atoms with E-state index in [1.54, 1.807) is 24.3 Å². The topological polar surface area (TPSA) is 79.1 Å². The van der Waals surface area contributed by atoms with E-state index in [1.807, 2.05) is 0 Å². The van der Waals surface area contributed by atoms with E-state index >= 15 is 0 Å². The molecule has 0 atom stereocenters. The van der Waals surface area contributed by atoms with Crippen LogP contribution in [-0.4, -0.2) is 15.2 Å². The number of H-pyrrole nitrogens is 1. The van der Waals surface area contributed by atoms with E-state index in [1.165, 1.54) is 0 Å². The zero-order chi connectivity index (χ0) is 9.97. The van der Waals surface area contributed by atoms with Gasteiger partial charge in [-0.2, -0.15) is 10.1 Å². The average molecular weight is 192 g/mol. The van der Waals surface area contributed by atoms with Gasteiger partial charge in [-0.15, -0.1) is 0 Å². The van der Waals surface area contributed by atoms with Gasteiger partial charge >= 0.3 is 5.69 Å². The van der Waals surface area contributed by atoms with Crippen LogP contribution < -0.4 is 5.69 Å². The lowest BCUT2D eigenvalue weighted by atomic mass is 10.1. The maximum Gasteiger partial charge on any atom is 0.377 e. The van der Waals surface area contributed by atoms with Crippen LogP contribution in [0.25, 0.3) is 0 Å². The van der Waals surface area contributed by atoms with Gasteiger partial charge in [0, 0.05) is 5.56 Å². The first-order valence-corrected chi connectivity index (χ1v) is 4.07. The quantitative estimate of drug-likeness (QED) is 0.732. The molecular weight excluding hydrogens is 184 g/mol. The van der Waals surface area contributed by atoms with E-state index in [4.69, 9.17) is 4.52 Å².